The van der Waals surface area contributed by atoms with Gasteiger partial charge in [0, 0.05) is 26.3 Å². The van der Waals surface area contributed by atoms with Crippen molar-refractivity contribution in [3.8, 4) is 0 Å². The molecule has 11 heteroatoms. The number of aryl methyl sites for hydroxylation is 1. The fourth-order valence-corrected chi connectivity index (χ4v) is 5.32. The summed E-state index contributed by atoms with van der Waals surface area (Å²) in [5, 5.41) is 2.96. The number of nitrogens with one attached hydrogen (secondary N) is 1. The van der Waals surface area contributed by atoms with Gasteiger partial charge >= 0.3 is 0 Å². The highest BCUT2D eigenvalue weighted by molar-refractivity contribution is 7.89. The van der Waals surface area contributed by atoms with Gasteiger partial charge in [-0.15, -0.1) is 0 Å². The van der Waals surface area contributed by atoms with Crippen molar-refractivity contribution in [2.45, 2.75) is 4.90 Å². The zero-order valence-electron chi connectivity index (χ0n) is 14.9. The lowest BCUT2D eigenvalue weighted by Crippen LogP contribution is -2.40. The molecule has 1 aliphatic rings. The number of hydrogen-bond donors (Lipinski definition) is 1. The van der Waals surface area contributed by atoms with Crippen molar-refractivity contribution in [2.24, 2.45) is 7.05 Å². The van der Waals surface area contributed by atoms with Gasteiger partial charge in [-0.05, 0) is 24.3 Å². The van der Waals surface area contributed by atoms with Gasteiger partial charge in [0.25, 0.3) is 5.91 Å². The number of morpholine rings is 1. The van der Waals surface area contributed by atoms with Crippen LogP contribution in [0.4, 0.5) is 9.52 Å². The van der Waals surface area contributed by atoms with Crippen LogP contribution in [-0.2, 0) is 21.8 Å². The van der Waals surface area contributed by atoms with Crippen molar-refractivity contribution in [3.63, 3.8) is 0 Å². The summed E-state index contributed by atoms with van der Waals surface area (Å²) in [7, 11) is -2.10. The fourth-order valence-electron chi connectivity index (χ4n) is 2.95. The van der Waals surface area contributed by atoms with Gasteiger partial charge in [0.15, 0.2) is 5.13 Å². The molecule has 0 bridgehead atoms. The number of benzene rings is 1. The van der Waals surface area contributed by atoms with Gasteiger partial charge in [-0.2, -0.15) is 4.31 Å². The van der Waals surface area contributed by atoms with E-state index in [1.54, 1.807) is 7.05 Å². The smallest absolute Gasteiger partial charge is 0.274 e. The highest BCUT2D eigenvalue weighted by Crippen LogP contribution is 2.27. The maximum atomic E-state index is 13.3. The minimum Gasteiger partial charge on any atom is -0.379 e. The number of halogens is 1. The van der Waals surface area contributed by atoms with Gasteiger partial charge < -0.3 is 9.30 Å². The molecule has 3 aromatic rings. The Morgan fingerprint density at radius 2 is 2.04 bits per heavy atom. The standard InChI is InChI=1S/C17H17FN4O4S2/c1-21-10-12(28(24,25)22-4-6-26-7-5-22)9-14(21)16(23)20-17-19-13-3-2-11(18)8-15(13)27-17/h2-3,8-10H,4-7H2,1H3,(H,19,20,23). The summed E-state index contributed by atoms with van der Waals surface area (Å²) in [6.45, 7) is 1.25. The molecule has 1 aliphatic heterocycles. The second-order valence-corrected chi connectivity index (χ2v) is 9.24. The first kappa shape index (κ1) is 19.0. The third-order valence-electron chi connectivity index (χ3n) is 4.39. The molecule has 1 aromatic carbocycles. The first-order valence-corrected chi connectivity index (χ1v) is 10.7. The molecule has 0 radical (unpaired) electrons. The minimum atomic E-state index is -3.70. The Morgan fingerprint density at radius 1 is 1.29 bits per heavy atom. The molecule has 0 atom stereocenters. The number of rotatable bonds is 4. The molecule has 4 rings (SSSR count). The highest BCUT2D eigenvalue weighted by atomic mass is 32.2. The van der Waals surface area contributed by atoms with Crippen molar-refractivity contribution in [2.75, 3.05) is 31.6 Å². The van der Waals surface area contributed by atoms with Crippen molar-refractivity contribution >= 4 is 42.6 Å². The van der Waals surface area contributed by atoms with Crippen LogP contribution in [0.3, 0.4) is 0 Å². The quantitative estimate of drug-likeness (QED) is 0.692. The molecule has 1 fully saturated rings. The Kier molecular flexibility index (Phi) is 4.91. The molecular formula is C17H17FN4O4S2. The summed E-state index contributed by atoms with van der Waals surface area (Å²) in [4.78, 5) is 16.9. The van der Waals surface area contributed by atoms with Crippen LogP contribution >= 0.6 is 11.3 Å². The van der Waals surface area contributed by atoms with Crippen molar-refractivity contribution in [1.82, 2.24) is 13.9 Å². The number of nitrogens with zero attached hydrogens (tertiary/aromatic N) is 3. The SMILES string of the molecule is Cn1cc(S(=O)(=O)N2CCOCC2)cc1C(=O)Nc1nc2ccc(F)cc2s1. The average Bonchev–Trinajstić information content (AvgIpc) is 3.25. The molecule has 0 unspecified atom stereocenters. The largest absolute Gasteiger partial charge is 0.379 e. The Morgan fingerprint density at radius 3 is 2.79 bits per heavy atom. The van der Waals surface area contributed by atoms with Crippen LogP contribution < -0.4 is 5.32 Å². The number of aromatic nitrogens is 2. The third-order valence-corrected chi connectivity index (χ3v) is 7.19. The zero-order valence-corrected chi connectivity index (χ0v) is 16.5. The molecule has 3 heterocycles. The number of thiazole rings is 1. The van der Waals surface area contributed by atoms with Crippen molar-refractivity contribution in [1.29, 1.82) is 0 Å². The number of sulfonamides is 1. The number of carbonyl (C=O) groups excluding carboxylic acids is 1. The predicted molar refractivity (Wildman–Crippen MR) is 103 cm³/mol. The lowest BCUT2D eigenvalue weighted by Gasteiger charge is -2.25. The van der Waals surface area contributed by atoms with E-state index in [4.69, 9.17) is 4.74 Å². The Balaban J connectivity index is 1.57. The predicted octanol–water partition coefficient (Wildman–Crippen LogP) is 2.05. The van der Waals surface area contributed by atoms with Gasteiger partial charge in [0.1, 0.15) is 16.4 Å². The summed E-state index contributed by atoms with van der Waals surface area (Å²) in [5.41, 5.74) is 0.751. The van der Waals surface area contributed by atoms with Crippen LogP contribution in [0.2, 0.25) is 0 Å². The van der Waals surface area contributed by atoms with Crippen LogP contribution in [0.25, 0.3) is 10.2 Å². The second kappa shape index (κ2) is 7.24. The third kappa shape index (κ3) is 3.53. The van der Waals surface area contributed by atoms with E-state index in [-0.39, 0.29) is 29.5 Å². The highest BCUT2D eigenvalue weighted by Gasteiger charge is 2.29. The monoisotopic (exact) mass is 424 g/mol. The van der Waals surface area contributed by atoms with E-state index >= 15 is 0 Å². The van der Waals surface area contributed by atoms with E-state index in [1.807, 2.05) is 0 Å². The van der Waals surface area contributed by atoms with Gasteiger partial charge in [0.05, 0.1) is 23.4 Å². The Labute approximate surface area is 164 Å². The van der Waals surface area contributed by atoms with Crippen LogP contribution in [-0.4, -0.2) is 54.5 Å². The fraction of sp³-hybridized carbons (Fsp3) is 0.294. The molecule has 148 valence electrons. The van der Waals surface area contributed by atoms with Crippen molar-refractivity contribution < 1.29 is 22.3 Å². The molecular weight excluding hydrogens is 407 g/mol. The first-order chi connectivity index (χ1) is 13.3. The van der Waals surface area contributed by atoms with Crippen LogP contribution in [0.1, 0.15) is 10.5 Å². The van der Waals surface area contributed by atoms with Crippen LogP contribution in [0, 0.1) is 5.82 Å². The van der Waals surface area contributed by atoms with Crippen molar-refractivity contribution in [3.05, 3.63) is 42.0 Å². The van der Waals surface area contributed by atoms with E-state index in [0.717, 1.165) is 11.3 Å². The molecule has 0 saturated carbocycles. The van der Waals surface area contributed by atoms with Gasteiger partial charge in [0.2, 0.25) is 10.0 Å². The normalized spacial score (nSPS) is 15.8. The lowest BCUT2D eigenvalue weighted by atomic mass is 10.3. The summed E-state index contributed by atoms with van der Waals surface area (Å²) >= 11 is 1.14. The number of amides is 1. The number of anilines is 1. The van der Waals surface area contributed by atoms with Gasteiger partial charge in [-0.1, -0.05) is 11.3 Å². The number of carbonyl (C=O) groups is 1. The molecule has 28 heavy (non-hydrogen) atoms. The molecule has 1 N–H and O–H groups in total. The van der Waals surface area contributed by atoms with Crippen LogP contribution in [0.5, 0.6) is 0 Å². The van der Waals surface area contributed by atoms with Gasteiger partial charge in [-0.3, -0.25) is 10.1 Å². The van der Waals surface area contributed by atoms with E-state index in [9.17, 15) is 17.6 Å². The molecule has 1 saturated heterocycles. The summed E-state index contributed by atoms with van der Waals surface area (Å²) in [6.07, 6.45) is 1.41. The second-order valence-electron chi connectivity index (χ2n) is 6.27. The average molecular weight is 424 g/mol. The molecule has 8 nitrogen and oxygen atoms in total. The maximum Gasteiger partial charge on any atom is 0.274 e. The molecule has 1 amide bonds. The topological polar surface area (TPSA) is 93.5 Å². The van der Waals surface area contributed by atoms with E-state index in [0.29, 0.717) is 28.6 Å². The first-order valence-electron chi connectivity index (χ1n) is 8.46. The number of fused-ring (bicyclic) bond motifs is 1. The lowest BCUT2D eigenvalue weighted by molar-refractivity contribution is 0.0730. The van der Waals surface area contributed by atoms with E-state index < -0.39 is 15.9 Å². The zero-order chi connectivity index (χ0) is 19.9. The molecule has 0 aliphatic carbocycles. The summed E-state index contributed by atoms with van der Waals surface area (Å²) in [6, 6.07) is 5.52. The van der Waals surface area contributed by atoms with E-state index in [2.05, 4.69) is 10.3 Å². The van der Waals surface area contributed by atoms with E-state index in [1.165, 1.54) is 39.3 Å². The molecule has 2 aromatic heterocycles. The Bertz CT molecular complexity index is 1150. The van der Waals surface area contributed by atoms with Crippen LogP contribution in [0.15, 0.2) is 35.4 Å². The number of hydrogen-bond acceptors (Lipinski definition) is 6. The Hall–Kier alpha value is -2.34. The van der Waals surface area contributed by atoms with Gasteiger partial charge in [-0.25, -0.2) is 17.8 Å². The minimum absolute atomic E-state index is 0.0495. The molecule has 0 spiro atoms. The maximum absolute atomic E-state index is 13.3. The summed E-state index contributed by atoms with van der Waals surface area (Å²) in [5.74, 6) is -0.875. The number of ether oxygens (including phenoxy) is 1. The summed E-state index contributed by atoms with van der Waals surface area (Å²) < 4.78 is 47.4.